The van der Waals surface area contributed by atoms with Gasteiger partial charge in [0, 0.05) is 35.5 Å². The van der Waals surface area contributed by atoms with E-state index >= 15 is 0 Å². The molecule has 0 saturated heterocycles. The Morgan fingerprint density at radius 1 is 1.20 bits per heavy atom. The SMILES string of the molecule is Cc1cc(C(=O)CSc2nnc(C(C)C)n2C2CC2)c(C)n1Cc1ccc(F)cc1. The Bertz CT molecular complexity index is 1060. The summed E-state index contributed by atoms with van der Waals surface area (Å²) in [5.74, 6) is 1.50. The Morgan fingerprint density at radius 3 is 2.53 bits per heavy atom. The second-order valence-corrected chi connectivity index (χ2v) is 9.25. The maximum atomic E-state index is 13.2. The van der Waals surface area contributed by atoms with Gasteiger partial charge in [-0.15, -0.1) is 10.2 Å². The van der Waals surface area contributed by atoms with Crippen LogP contribution in [0.1, 0.15) is 71.8 Å². The third kappa shape index (κ3) is 4.21. The van der Waals surface area contributed by atoms with Gasteiger partial charge in [-0.2, -0.15) is 0 Å². The van der Waals surface area contributed by atoms with Crippen molar-refractivity contribution in [3.05, 3.63) is 64.5 Å². The lowest BCUT2D eigenvalue weighted by Gasteiger charge is -2.11. The summed E-state index contributed by atoms with van der Waals surface area (Å²) in [6.45, 7) is 8.83. The van der Waals surface area contributed by atoms with Gasteiger partial charge in [-0.3, -0.25) is 4.79 Å². The Kier molecular flexibility index (Phi) is 5.82. The molecular formula is C23H27FN4OS. The van der Waals surface area contributed by atoms with E-state index in [4.69, 9.17) is 0 Å². The van der Waals surface area contributed by atoms with Gasteiger partial charge >= 0.3 is 0 Å². The number of hydrogen-bond donors (Lipinski definition) is 0. The van der Waals surface area contributed by atoms with E-state index in [1.165, 1.54) is 23.9 Å². The second kappa shape index (κ2) is 8.38. The number of rotatable bonds is 8. The van der Waals surface area contributed by atoms with E-state index in [2.05, 4.69) is 33.2 Å². The average Bonchev–Trinajstić information content (AvgIpc) is 3.40. The molecule has 0 atom stereocenters. The zero-order valence-corrected chi connectivity index (χ0v) is 18.7. The normalized spacial score (nSPS) is 13.9. The van der Waals surface area contributed by atoms with E-state index in [-0.39, 0.29) is 11.6 Å². The van der Waals surface area contributed by atoms with E-state index < -0.39 is 0 Å². The van der Waals surface area contributed by atoms with Crippen molar-refractivity contribution in [3.63, 3.8) is 0 Å². The highest BCUT2D eigenvalue weighted by molar-refractivity contribution is 7.99. The molecule has 1 aromatic carbocycles. The number of hydrogen-bond acceptors (Lipinski definition) is 4. The van der Waals surface area contributed by atoms with Crippen molar-refractivity contribution in [3.8, 4) is 0 Å². The summed E-state index contributed by atoms with van der Waals surface area (Å²) in [6, 6.07) is 8.93. The van der Waals surface area contributed by atoms with E-state index in [0.717, 1.165) is 46.3 Å². The van der Waals surface area contributed by atoms with Crippen LogP contribution < -0.4 is 0 Å². The zero-order chi connectivity index (χ0) is 21.4. The number of aromatic nitrogens is 4. The molecule has 0 N–H and O–H groups in total. The molecule has 7 heteroatoms. The number of aryl methyl sites for hydroxylation is 1. The molecule has 0 bridgehead atoms. The van der Waals surface area contributed by atoms with Crippen LogP contribution >= 0.6 is 11.8 Å². The van der Waals surface area contributed by atoms with Gasteiger partial charge in [0.05, 0.1) is 5.75 Å². The van der Waals surface area contributed by atoms with Crippen molar-refractivity contribution >= 4 is 17.5 Å². The van der Waals surface area contributed by atoms with Gasteiger partial charge in [0.1, 0.15) is 11.6 Å². The van der Waals surface area contributed by atoms with Crippen molar-refractivity contribution in [2.75, 3.05) is 5.75 Å². The molecule has 0 radical (unpaired) electrons. The minimum absolute atomic E-state index is 0.0925. The summed E-state index contributed by atoms with van der Waals surface area (Å²) in [4.78, 5) is 13.0. The summed E-state index contributed by atoms with van der Waals surface area (Å²) < 4.78 is 17.5. The van der Waals surface area contributed by atoms with Gasteiger partial charge < -0.3 is 9.13 Å². The first-order valence-electron chi connectivity index (χ1n) is 10.4. The Balaban J connectivity index is 1.49. The maximum absolute atomic E-state index is 13.2. The molecule has 0 spiro atoms. The van der Waals surface area contributed by atoms with Crippen LogP contribution in [0.3, 0.4) is 0 Å². The fraction of sp³-hybridized carbons (Fsp3) is 0.435. The Labute approximate surface area is 180 Å². The van der Waals surface area contributed by atoms with Gasteiger partial charge in [0.25, 0.3) is 0 Å². The highest BCUT2D eigenvalue weighted by Gasteiger charge is 2.30. The molecule has 30 heavy (non-hydrogen) atoms. The molecule has 0 unspecified atom stereocenters. The predicted molar refractivity (Wildman–Crippen MR) is 117 cm³/mol. The van der Waals surface area contributed by atoms with E-state index in [9.17, 15) is 9.18 Å². The topological polar surface area (TPSA) is 52.7 Å². The number of benzene rings is 1. The van der Waals surface area contributed by atoms with Crippen LogP contribution in [-0.2, 0) is 6.54 Å². The number of halogens is 1. The molecule has 2 aromatic heterocycles. The molecule has 1 aliphatic rings. The first kappa shape index (κ1) is 20.8. The van der Waals surface area contributed by atoms with Crippen LogP contribution in [0.15, 0.2) is 35.5 Å². The molecule has 4 rings (SSSR count). The predicted octanol–water partition coefficient (Wildman–Crippen LogP) is 5.32. The van der Waals surface area contributed by atoms with Crippen LogP contribution in [0.4, 0.5) is 4.39 Å². The molecule has 5 nitrogen and oxygen atoms in total. The summed E-state index contributed by atoms with van der Waals surface area (Å²) >= 11 is 1.47. The van der Waals surface area contributed by atoms with Crippen LogP contribution in [0, 0.1) is 19.7 Å². The minimum Gasteiger partial charge on any atom is -0.344 e. The summed E-state index contributed by atoms with van der Waals surface area (Å²) in [6.07, 6.45) is 2.31. The van der Waals surface area contributed by atoms with E-state index in [1.807, 2.05) is 19.9 Å². The lowest BCUT2D eigenvalue weighted by molar-refractivity contribution is 0.102. The fourth-order valence-corrected chi connectivity index (χ4v) is 4.66. The largest absolute Gasteiger partial charge is 0.344 e. The van der Waals surface area contributed by atoms with Crippen LogP contribution in [0.2, 0.25) is 0 Å². The molecule has 0 aliphatic heterocycles. The van der Waals surface area contributed by atoms with Crippen LogP contribution in [0.25, 0.3) is 0 Å². The smallest absolute Gasteiger partial charge is 0.191 e. The number of ketones is 1. The third-order valence-corrected chi connectivity index (χ3v) is 6.52. The highest BCUT2D eigenvalue weighted by atomic mass is 32.2. The highest BCUT2D eigenvalue weighted by Crippen LogP contribution is 2.40. The van der Waals surface area contributed by atoms with Crippen molar-refractivity contribution in [2.24, 2.45) is 0 Å². The van der Waals surface area contributed by atoms with Crippen molar-refractivity contribution in [2.45, 2.75) is 64.2 Å². The number of carbonyl (C=O) groups is 1. The van der Waals surface area contributed by atoms with E-state index in [0.29, 0.717) is 24.3 Å². The quantitative estimate of drug-likeness (QED) is 0.361. The first-order valence-corrected chi connectivity index (χ1v) is 11.4. The molecule has 3 aromatic rings. The standard InChI is InChI=1S/C23H27FN4OS/c1-14(2)22-25-26-23(28(22)19-9-10-19)30-13-21(29)20-11-15(3)27(16(20)4)12-17-5-7-18(24)8-6-17/h5-8,11,14,19H,9-10,12-13H2,1-4H3. The second-order valence-electron chi connectivity index (χ2n) is 8.31. The van der Waals surface area contributed by atoms with Crippen LogP contribution in [-0.4, -0.2) is 30.9 Å². The zero-order valence-electron chi connectivity index (χ0n) is 17.9. The fourth-order valence-electron chi connectivity index (χ4n) is 3.76. The molecule has 1 saturated carbocycles. The Hall–Kier alpha value is -2.41. The van der Waals surface area contributed by atoms with Gasteiger partial charge in [-0.1, -0.05) is 37.7 Å². The molecule has 1 fully saturated rings. The third-order valence-electron chi connectivity index (χ3n) is 5.58. The molecule has 2 heterocycles. The van der Waals surface area contributed by atoms with Gasteiger partial charge in [-0.05, 0) is 50.5 Å². The van der Waals surface area contributed by atoms with Gasteiger partial charge in [0.15, 0.2) is 10.9 Å². The average molecular weight is 427 g/mol. The number of nitrogens with zero attached hydrogens (tertiary/aromatic N) is 4. The molecule has 158 valence electrons. The summed E-state index contributed by atoms with van der Waals surface area (Å²) in [5.41, 5.74) is 3.70. The van der Waals surface area contributed by atoms with Gasteiger partial charge in [0.2, 0.25) is 0 Å². The van der Waals surface area contributed by atoms with Crippen molar-refractivity contribution in [1.82, 2.24) is 19.3 Å². The lowest BCUT2D eigenvalue weighted by atomic mass is 10.2. The number of carbonyl (C=O) groups excluding carboxylic acids is 1. The minimum atomic E-state index is -0.243. The summed E-state index contributed by atoms with van der Waals surface area (Å²) in [5, 5.41) is 9.57. The lowest BCUT2D eigenvalue weighted by Crippen LogP contribution is -2.09. The maximum Gasteiger partial charge on any atom is 0.191 e. The van der Waals surface area contributed by atoms with Crippen molar-refractivity contribution in [1.29, 1.82) is 0 Å². The van der Waals surface area contributed by atoms with Gasteiger partial charge in [-0.25, -0.2) is 4.39 Å². The Morgan fingerprint density at radius 2 is 1.90 bits per heavy atom. The first-order chi connectivity index (χ1) is 14.3. The summed E-state index contributed by atoms with van der Waals surface area (Å²) in [7, 11) is 0. The monoisotopic (exact) mass is 426 g/mol. The number of Topliss-reactive ketones (excluding diaryl/α,β-unsaturated/α-hetero) is 1. The van der Waals surface area contributed by atoms with E-state index in [1.54, 1.807) is 12.1 Å². The molecule has 1 aliphatic carbocycles. The van der Waals surface area contributed by atoms with Crippen molar-refractivity contribution < 1.29 is 9.18 Å². The molecular weight excluding hydrogens is 399 g/mol. The molecule has 0 amide bonds. The number of thioether (sulfide) groups is 1. The van der Waals surface area contributed by atoms with Crippen LogP contribution in [0.5, 0.6) is 0 Å².